The number of aromatic nitrogens is 3. The second-order valence-electron chi connectivity index (χ2n) is 6.44. The molecule has 1 atom stereocenters. The highest BCUT2D eigenvalue weighted by atomic mass is 16.5. The molecule has 3 heterocycles. The number of ether oxygens (including phenoxy) is 1. The van der Waals surface area contributed by atoms with Gasteiger partial charge in [-0.15, -0.1) is 0 Å². The number of anilines is 1. The maximum Gasteiger partial charge on any atom is 0.269 e. The van der Waals surface area contributed by atoms with Gasteiger partial charge in [-0.05, 0) is 25.0 Å². The summed E-state index contributed by atoms with van der Waals surface area (Å²) < 4.78 is 7.46. The van der Waals surface area contributed by atoms with Crippen LogP contribution in [0.1, 0.15) is 23.2 Å². The summed E-state index contributed by atoms with van der Waals surface area (Å²) in [5.74, 6) is 1.15. The molecular formula is C18H25N5O2. The molecule has 1 aliphatic heterocycles. The second kappa shape index (κ2) is 8.11. The number of hydrogen-bond acceptors (Lipinski definition) is 5. The molecule has 1 N–H and O–H groups in total. The fraction of sp³-hybridized carbons (Fsp3) is 0.500. The Labute approximate surface area is 148 Å². The molecule has 134 valence electrons. The van der Waals surface area contributed by atoms with Gasteiger partial charge in [0.05, 0.1) is 13.2 Å². The first-order valence-corrected chi connectivity index (χ1v) is 8.68. The van der Waals surface area contributed by atoms with Gasteiger partial charge in [0.2, 0.25) is 0 Å². The molecule has 0 aliphatic carbocycles. The molecule has 0 aromatic carbocycles. The fourth-order valence-corrected chi connectivity index (χ4v) is 2.92. The van der Waals surface area contributed by atoms with E-state index in [0.717, 1.165) is 44.4 Å². The first-order chi connectivity index (χ1) is 12.1. The van der Waals surface area contributed by atoms with Gasteiger partial charge in [-0.2, -0.15) is 0 Å². The van der Waals surface area contributed by atoms with E-state index in [-0.39, 0.29) is 5.91 Å². The largest absolute Gasteiger partial charge is 0.378 e. The molecule has 2 aromatic heterocycles. The standard InChI is InChI=1S/C18H25N5O2/c1-14(13-23-6-5-19-15(23)2)12-21-18(24)17-11-16(3-4-20-17)22-7-9-25-10-8-22/h3-6,11,14H,7-10,12-13H2,1-2H3,(H,21,24)/t14-/m1/s1. The molecule has 1 fully saturated rings. The Morgan fingerprint density at radius 1 is 1.32 bits per heavy atom. The summed E-state index contributed by atoms with van der Waals surface area (Å²) >= 11 is 0. The number of aryl methyl sites for hydroxylation is 1. The molecule has 7 nitrogen and oxygen atoms in total. The highest BCUT2D eigenvalue weighted by Gasteiger charge is 2.15. The SMILES string of the molecule is Cc1nccn1C[C@H](C)CNC(=O)c1cc(N2CCOCC2)ccn1. The normalized spacial score (nSPS) is 15.8. The van der Waals surface area contributed by atoms with Gasteiger partial charge in [0.1, 0.15) is 11.5 Å². The molecular weight excluding hydrogens is 318 g/mol. The van der Waals surface area contributed by atoms with Gasteiger partial charge < -0.3 is 19.5 Å². The van der Waals surface area contributed by atoms with Crippen LogP contribution in [0.25, 0.3) is 0 Å². The number of hydrogen-bond donors (Lipinski definition) is 1. The summed E-state index contributed by atoms with van der Waals surface area (Å²) in [7, 11) is 0. The first-order valence-electron chi connectivity index (χ1n) is 8.68. The highest BCUT2D eigenvalue weighted by Crippen LogP contribution is 2.16. The molecule has 0 unspecified atom stereocenters. The monoisotopic (exact) mass is 343 g/mol. The van der Waals surface area contributed by atoms with Gasteiger partial charge in [-0.1, -0.05) is 6.92 Å². The number of carbonyl (C=O) groups is 1. The zero-order chi connectivity index (χ0) is 17.6. The van der Waals surface area contributed by atoms with Crippen molar-refractivity contribution in [1.82, 2.24) is 19.9 Å². The molecule has 7 heteroatoms. The molecule has 25 heavy (non-hydrogen) atoms. The zero-order valence-corrected chi connectivity index (χ0v) is 14.8. The first kappa shape index (κ1) is 17.4. The third kappa shape index (κ3) is 4.57. The zero-order valence-electron chi connectivity index (χ0n) is 14.8. The molecule has 1 aliphatic rings. The Morgan fingerprint density at radius 2 is 2.12 bits per heavy atom. The van der Waals surface area contributed by atoms with E-state index in [1.807, 2.05) is 25.3 Å². The van der Waals surface area contributed by atoms with Crippen molar-refractivity contribution < 1.29 is 9.53 Å². The lowest BCUT2D eigenvalue weighted by Crippen LogP contribution is -2.36. The van der Waals surface area contributed by atoms with Crippen LogP contribution in [-0.4, -0.2) is 53.3 Å². The average Bonchev–Trinajstić information content (AvgIpc) is 3.05. The molecule has 0 spiro atoms. The van der Waals surface area contributed by atoms with Crippen molar-refractivity contribution in [3.8, 4) is 0 Å². The number of rotatable bonds is 6. The molecule has 0 bridgehead atoms. The van der Waals surface area contributed by atoms with Crippen LogP contribution in [0.2, 0.25) is 0 Å². The average molecular weight is 343 g/mol. The number of amides is 1. The molecule has 0 radical (unpaired) electrons. The van der Waals surface area contributed by atoms with E-state index in [9.17, 15) is 4.79 Å². The maximum atomic E-state index is 12.4. The Morgan fingerprint density at radius 3 is 2.84 bits per heavy atom. The Bertz CT molecular complexity index is 709. The third-order valence-electron chi connectivity index (χ3n) is 4.40. The van der Waals surface area contributed by atoms with Crippen LogP contribution in [-0.2, 0) is 11.3 Å². The Hall–Kier alpha value is -2.41. The minimum absolute atomic E-state index is 0.135. The van der Waals surface area contributed by atoms with Crippen molar-refractivity contribution in [2.75, 3.05) is 37.7 Å². The van der Waals surface area contributed by atoms with Crippen molar-refractivity contribution in [3.63, 3.8) is 0 Å². The lowest BCUT2D eigenvalue weighted by molar-refractivity contribution is 0.0942. The van der Waals surface area contributed by atoms with Crippen LogP contribution in [0.4, 0.5) is 5.69 Å². The van der Waals surface area contributed by atoms with Crippen LogP contribution >= 0.6 is 0 Å². The summed E-state index contributed by atoms with van der Waals surface area (Å²) in [6.45, 7) is 8.62. The van der Waals surface area contributed by atoms with Gasteiger partial charge in [-0.25, -0.2) is 4.98 Å². The Balaban J connectivity index is 1.55. The summed E-state index contributed by atoms with van der Waals surface area (Å²) in [5, 5.41) is 2.98. The van der Waals surface area contributed by atoms with E-state index in [1.165, 1.54) is 0 Å². The number of pyridine rings is 1. The Kier molecular flexibility index (Phi) is 5.65. The van der Waals surface area contributed by atoms with Crippen LogP contribution in [0.3, 0.4) is 0 Å². The summed E-state index contributed by atoms with van der Waals surface area (Å²) in [6, 6.07) is 3.79. The quantitative estimate of drug-likeness (QED) is 0.860. The number of nitrogens with zero attached hydrogens (tertiary/aromatic N) is 4. The van der Waals surface area contributed by atoms with E-state index in [0.29, 0.717) is 18.2 Å². The predicted molar refractivity (Wildman–Crippen MR) is 95.7 cm³/mol. The highest BCUT2D eigenvalue weighted by molar-refractivity contribution is 5.93. The number of carbonyl (C=O) groups excluding carboxylic acids is 1. The number of nitrogens with one attached hydrogen (secondary N) is 1. The van der Waals surface area contributed by atoms with Gasteiger partial charge in [0, 0.05) is 50.5 Å². The van der Waals surface area contributed by atoms with Gasteiger partial charge in [0.15, 0.2) is 0 Å². The fourth-order valence-electron chi connectivity index (χ4n) is 2.92. The van der Waals surface area contributed by atoms with Crippen LogP contribution in [0.15, 0.2) is 30.7 Å². The van der Waals surface area contributed by atoms with E-state index >= 15 is 0 Å². The molecule has 0 saturated carbocycles. The summed E-state index contributed by atoms with van der Waals surface area (Å²) in [4.78, 5) is 23.1. The minimum Gasteiger partial charge on any atom is -0.378 e. The van der Waals surface area contributed by atoms with E-state index in [4.69, 9.17) is 4.74 Å². The molecule has 3 rings (SSSR count). The molecule has 2 aromatic rings. The maximum absolute atomic E-state index is 12.4. The third-order valence-corrected chi connectivity index (χ3v) is 4.40. The number of morpholine rings is 1. The second-order valence-corrected chi connectivity index (χ2v) is 6.44. The lowest BCUT2D eigenvalue weighted by atomic mass is 10.1. The van der Waals surface area contributed by atoms with Crippen molar-refractivity contribution in [2.45, 2.75) is 20.4 Å². The summed E-state index contributed by atoms with van der Waals surface area (Å²) in [6.07, 6.45) is 5.45. The van der Waals surface area contributed by atoms with Gasteiger partial charge in [0.25, 0.3) is 5.91 Å². The van der Waals surface area contributed by atoms with Crippen molar-refractivity contribution >= 4 is 11.6 Å². The van der Waals surface area contributed by atoms with Crippen molar-refractivity contribution in [1.29, 1.82) is 0 Å². The van der Waals surface area contributed by atoms with E-state index < -0.39 is 0 Å². The van der Waals surface area contributed by atoms with Crippen LogP contribution in [0, 0.1) is 12.8 Å². The number of imidazole rings is 1. The molecule has 1 saturated heterocycles. The van der Waals surface area contributed by atoms with Crippen molar-refractivity contribution in [2.24, 2.45) is 5.92 Å². The van der Waals surface area contributed by atoms with Crippen molar-refractivity contribution in [3.05, 3.63) is 42.2 Å². The van der Waals surface area contributed by atoms with Crippen LogP contribution in [0.5, 0.6) is 0 Å². The lowest BCUT2D eigenvalue weighted by Gasteiger charge is -2.28. The van der Waals surface area contributed by atoms with E-state index in [2.05, 4.69) is 31.7 Å². The topological polar surface area (TPSA) is 72.3 Å². The molecule has 1 amide bonds. The van der Waals surface area contributed by atoms with Gasteiger partial charge in [-0.3, -0.25) is 9.78 Å². The summed E-state index contributed by atoms with van der Waals surface area (Å²) in [5.41, 5.74) is 1.47. The van der Waals surface area contributed by atoms with Crippen LogP contribution < -0.4 is 10.2 Å². The van der Waals surface area contributed by atoms with Gasteiger partial charge >= 0.3 is 0 Å². The predicted octanol–water partition coefficient (Wildman–Crippen LogP) is 1.49. The smallest absolute Gasteiger partial charge is 0.269 e. The van der Waals surface area contributed by atoms with E-state index in [1.54, 1.807) is 12.4 Å². The minimum atomic E-state index is -0.135.